The summed E-state index contributed by atoms with van der Waals surface area (Å²) in [6.45, 7) is 0. The Morgan fingerprint density at radius 2 is 2.00 bits per heavy atom. The van der Waals surface area contributed by atoms with Crippen LogP contribution >= 0.6 is 11.6 Å². The molecule has 0 amide bonds. The zero-order valence-electron chi connectivity index (χ0n) is 6.77. The summed E-state index contributed by atoms with van der Waals surface area (Å²) in [4.78, 5) is 11.4. The number of carbonyl (C=O) groups is 1. The Kier molecular flexibility index (Phi) is 3.46. The van der Waals surface area contributed by atoms with Crippen molar-refractivity contribution in [2.45, 2.75) is 0 Å². The van der Waals surface area contributed by atoms with Crippen LogP contribution in [0.5, 0.6) is 0 Å². The van der Waals surface area contributed by atoms with Gasteiger partial charge in [-0.1, -0.05) is 35.5 Å². The Bertz CT molecular complexity index is 322. The predicted molar refractivity (Wildman–Crippen MR) is 50.7 cm³/mol. The van der Waals surface area contributed by atoms with E-state index in [2.05, 4.69) is 5.16 Å². The molecule has 1 aromatic carbocycles. The second-order valence-corrected chi connectivity index (χ2v) is 2.64. The summed E-state index contributed by atoms with van der Waals surface area (Å²) >= 11 is 5.40. The molecule has 0 heterocycles. The van der Waals surface area contributed by atoms with Gasteiger partial charge in [0.25, 0.3) is 0 Å². The topological polar surface area (TPSA) is 49.7 Å². The summed E-state index contributed by atoms with van der Waals surface area (Å²) in [5, 5.41) is 11.3. The molecule has 0 bridgehead atoms. The molecule has 0 spiro atoms. The van der Waals surface area contributed by atoms with Crippen LogP contribution in [-0.2, 0) is 0 Å². The average Bonchev–Trinajstić information content (AvgIpc) is 2.21. The third kappa shape index (κ3) is 2.29. The van der Waals surface area contributed by atoms with Gasteiger partial charge in [-0.25, -0.2) is 0 Å². The number of Topliss-reactive ketones (excluding diaryl/α,β-unsaturated/α-hetero) is 1. The van der Waals surface area contributed by atoms with Crippen LogP contribution in [0.25, 0.3) is 0 Å². The van der Waals surface area contributed by atoms with Crippen LogP contribution in [0.1, 0.15) is 10.4 Å². The van der Waals surface area contributed by atoms with E-state index in [0.717, 1.165) is 0 Å². The second kappa shape index (κ2) is 4.62. The van der Waals surface area contributed by atoms with Gasteiger partial charge >= 0.3 is 0 Å². The zero-order chi connectivity index (χ0) is 9.68. The van der Waals surface area contributed by atoms with E-state index < -0.39 is 0 Å². The molecular weight excluding hydrogens is 190 g/mol. The number of halogens is 1. The molecule has 68 valence electrons. The number of benzene rings is 1. The van der Waals surface area contributed by atoms with E-state index in [9.17, 15) is 4.79 Å². The van der Waals surface area contributed by atoms with Crippen LogP contribution in [0, 0.1) is 0 Å². The van der Waals surface area contributed by atoms with E-state index in [1.54, 1.807) is 30.3 Å². The van der Waals surface area contributed by atoms with Crippen molar-refractivity contribution in [2.24, 2.45) is 5.16 Å². The number of rotatable bonds is 3. The van der Waals surface area contributed by atoms with E-state index in [0.29, 0.717) is 5.56 Å². The van der Waals surface area contributed by atoms with Crippen molar-refractivity contribution in [3.05, 3.63) is 35.9 Å². The van der Waals surface area contributed by atoms with Crippen molar-refractivity contribution in [1.82, 2.24) is 0 Å². The molecule has 0 radical (unpaired) electrons. The molecule has 0 aliphatic heterocycles. The van der Waals surface area contributed by atoms with Gasteiger partial charge < -0.3 is 5.21 Å². The molecule has 0 aromatic heterocycles. The molecule has 1 N–H and O–H groups in total. The van der Waals surface area contributed by atoms with Crippen molar-refractivity contribution in [2.75, 3.05) is 5.88 Å². The van der Waals surface area contributed by atoms with E-state index in [4.69, 9.17) is 16.8 Å². The first-order valence-corrected chi connectivity index (χ1v) is 4.19. The minimum absolute atomic E-state index is 0.0483. The Morgan fingerprint density at radius 3 is 2.46 bits per heavy atom. The van der Waals surface area contributed by atoms with Gasteiger partial charge in [-0.05, 0) is 0 Å². The quantitative estimate of drug-likeness (QED) is 0.265. The lowest BCUT2D eigenvalue weighted by Gasteiger charge is -1.98. The average molecular weight is 198 g/mol. The first kappa shape index (κ1) is 9.74. The number of ketones is 1. The first-order chi connectivity index (χ1) is 6.29. The lowest BCUT2D eigenvalue weighted by atomic mass is 10.1. The van der Waals surface area contributed by atoms with Crippen molar-refractivity contribution in [1.29, 1.82) is 0 Å². The smallest absolute Gasteiger partial charge is 0.211 e. The molecule has 4 heteroatoms. The number of oxime groups is 1. The SMILES string of the molecule is O=C(C(CCl)=NO)c1ccccc1. The van der Waals surface area contributed by atoms with E-state index in [1.165, 1.54) is 0 Å². The third-order valence-corrected chi connectivity index (χ3v) is 1.80. The fourth-order valence-corrected chi connectivity index (χ4v) is 1.06. The summed E-state index contributed by atoms with van der Waals surface area (Å²) in [6, 6.07) is 8.54. The standard InChI is InChI=1S/C9H8ClNO2/c10-6-8(11-13)9(12)7-4-2-1-3-5-7/h1-5,13H,6H2. The monoisotopic (exact) mass is 197 g/mol. The molecule has 0 aliphatic carbocycles. The Hall–Kier alpha value is -1.35. The fourth-order valence-electron chi connectivity index (χ4n) is 0.889. The van der Waals surface area contributed by atoms with Crippen molar-refractivity contribution < 1.29 is 10.0 Å². The third-order valence-electron chi connectivity index (χ3n) is 1.55. The zero-order valence-corrected chi connectivity index (χ0v) is 7.53. The molecule has 0 aliphatic rings. The van der Waals surface area contributed by atoms with Crippen molar-refractivity contribution >= 4 is 23.1 Å². The van der Waals surface area contributed by atoms with Gasteiger partial charge in [0.2, 0.25) is 5.78 Å². The van der Waals surface area contributed by atoms with Gasteiger partial charge in [0.05, 0.1) is 5.88 Å². The first-order valence-electron chi connectivity index (χ1n) is 3.66. The Morgan fingerprint density at radius 1 is 1.38 bits per heavy atom. The maximum Gasteiger partial charge on any atom is 0.211 e. The highest BCUT2D eigenvalue weighted by atomic mass is 35.5. The maximum atomic E-state index is 11.4. The van der Waals surface area contributed by atoms with Crippen LogP contribution in [0.2, 0.25) is 0 Å². The molecule has 1 rings (SSSR count). The van der Waals surface area contributed by atoms with Crippen LogP contribution in [0.3, 0.4) is 0 Å². The lowest BCUT2D eigenvalue weighted by Crippen LogP contribution is -2.15. The van der Waals surface area contributed by atoms with Gasteiger partial charge in [0.15, 0.2) is 0 Å². The van der Waals surface area contributed by atoms with Crippen molar-refractivity contribution in [3.8, 4) is 0 Å². The molecule has 0 atom stereocenters. The highest BCUT2D eigenvalue weighted by Crippen LogP contribution is 2.02. The molecule has 0 saturated carbocycles. The highest BCUT2D eigenvalue weighted by Gasteiger charge is 2.12. The summed E-state index contributed by atoms with van der Waals surface area (Å²) < 4.78 is 0. The fraction of sp³-hybridized carbons (Fsp3) is 0.111. The largest absolute Gasteiger partial charge is 0.410 e. The summed E-state index contributed by atoms with van der Waals surface area (Å²) in [5.41, 5.74) is 0.420. The highest BCUT2D eigenvalue weighted by molar-refractivity contribution is 6.53. The normalized spacial score (nSPS) is 11.3. The number of nitrogens with zero attached hydrogens (tertiary/aromatic N) is 1. The van der Waals surface area contributed by atoms with E-state index in [1.807, 2.05) is 0 Å². The summed E-state index contributed by atoms with van der Waals surface area (Å²) in [7, 11) is 0. The predicted octanol–water partition coefficient (Wildman–Crippen LogP) is 1.94. The van der Waals surface area contributed by atoms with Crippen LogP contribution in [0.4, 0.5) is 0 Å². The van der Waals surface area contributed by atoms with Gasteiger partial charge in [-0.3, -0.25) is 4.79 Å². The van der Waals surface area contributed by atoms with Crippen LogP contribution in [0.15, 0.2) is 35.5 Å². The van der Waals surface area contributed by atoms with Crippen LogP contribution in [-0.4, -0.2) is 22.6 Å². The minimum atomic E-state index is -0.349. The number of alkyl halides is 1. The van der Waals surface area contributed by atoms with Gasteiger partial charge in [0.1, 0.15) is 5.71 Å². The molecule has 0 unspecified atom stereocenters. The Balaban J connectivity index is 2.92. The lowest BCUT2D eigenvalue weighted by molar-refractivity contribution is 0.106. The van der Waals surface area contributed by atoms with Gasteiger partial charge in [-0.2, -0.15) is 0 Å². The van der Waals surface area contributed by atoms with E-state index in [-0.39, 0.29) is 17.4 Å². The summed E-state index contributed by atoms with van der Waals surface area (Å²) in [6.07, 6.45) is 0. The molecule has 13 heavy (non-hydrogen) atoms. The van der Waals surface area contributed by atoms with Gasteiger partial charge in [-0.15, -0.1) is 11.6 Å². The molecular formula is C9H8ClNO2. The van der Waals surface area contributed by atoms with Crippen LogP contribution < -0.4 is 0 Å². The minimum Gasteiger partial charge on any atom is -0.410 e. The van der Waals surface area contributed by atoms with E-state index >= 15 is 0 Å². The number of hydrogen-bond donors (Lipinski definition) is 1. The summed E-state index contributed by atoms with van der Waals surface area (Å²) in [5.74, 6) is -0.442. The Labute approximate surface area is 80.6 Å². The maximum absolute atomic E-state index is 11.4. The number of hydrogen-bond acceptors (Lipinski definition) is 3. The number of carbonyl (C=O) groups excluding carboxylic acids is 1. The second-order valence-electron chi connectivity index (χ2n) is 2.38. The van der Waals surface area contributed by atoms with Crippen molar-refractivity contribution in [3.63, 3.8) is 0 Å². The molecule has 0 fully saturated rings. The molecule has 3 nitrogen and oxygen atoms in total. The molecule has 1 aromatic rings. The van der Waals surface area contributed by atoms with Gasteiger partial charge in [0, 0.05) is 5.56 Å². The molecule has 0 saturated heterocycles.